The summed E-state index contributed by atoms with van der Waals surface area (Å²) in [5, 5.41) is 23.0. The van der Waals surface area contributed by atoms with Gasteiger partial charge in [0.25, 0.3) is 5.69 Å². The number of aliphatic carboxylic acids is 1. The van der Waals surface area contributed by atoms with Gasteiger partial charge in [0.05, 0.1) is 28.6 Å². The number of hydrogen-bond acceptors (Lipinski definition) is 10. The summed E-state index contributed by atoms with van der Waals surface area (Å²) < 4.78 is 14.6. The number of nitrogens with zero attached hydrogens (tertiary/aromatic N) is 1. The average molecular weight is 462 g/mol. The Hall–Kier alpha value is -4.22. The van der Waals surface area contributed by atoms with Gasteiger partial charge in [-0.1, -0.05) is 12.1 Å². The number of hydrogen-bond donors (Lipinski definition) is 2. The predicted molar refractivity (Wildman–Crippen MR) is 111 cm³/mol. The van der Waals surface area contributed by atoms with E-state index in [2.05, 4.69) is 5.32 Å². The molecule has 176 valence electrons. The molecule has 12 nitrogen and oxygen atoms in total. The van der Waals surface area contributed by atoms with Crippen LogP contribution in [0, 0.1) is 10.1 Å². The molecule has 1 unspecified atom stereocenters. The summed E-state index contributed by atoms with van der Waals surface area (Å²) in [5.74, 6) is -5.38. The zero-order valence-electron chi connectivity index (χ0n) is 18.1. The number of nitro groups is 1. The first kappa shape index (κ1) is 25.0. The largest absolute Gasteiger partial charge is 0.479 e. The summed E-state index contributed by atoms with van der Waals surface area (Å²) in [6, 6.07) is 5.26. The van der Waals surface area contributed by atoms with Gasteiger partial charge in [-0.15, -0.1) is 0 Å². The molecule has 0 saturated carbocycles. The van der Waals surface area contributed by atoms with E-state index in [1.165, 1.54) is 38.1 Å². The van der Waals surface area contributed by atoms with Crippen LogP contribution < -0.4 is 5.32 Å². The lowest BCUT2D eigenvalue weighted by molar-refractivity contribution is -0.384. The van der Waals surface area contributed by atoms with Crippen LogP contribution in [0.15, 0.2) is 46.8 Å². The number of rotatable bonds is 9. The third-order valence-corrected chi connectivity index (χ3v) is 4.57. The molecule has 0 aromatic heterocycles. The molecule has 0 spiro atoms. The molecule has 0 bridgehead atoms. The van der Waals surface area contributed by atoms with Crippen molar-refractivity contribution in [3.63, 3.8) is 0 Å². The van der Waals surface area contributed by atoms with Gasteiger partial charge in [0.1, 0.15) is 0 Å². The van der Waals surface area contributed by atoms with Crippen LogP contribution in [0.4, 0.5) is 5.69 Å². The first-order valence-electron chi connectivity index (χ1n) is 9.71. The number of carboxylic acid groups (broad SMARTS) is 1. The van der Waals surface area contributed by atoms with Crippen LogP contribution in [0.2, 0.25) is 0 Å². The second-order valence-electron chi connectivity index (χ2n) is 6.84. The smallest absolute Gasteiger partial charge is 0.344 e. The van der Waals surface area contributed by atoms with E-state index in [4.69, 9.17) is 19.3 Å². The molecule has 0 fully saturated rings. The van der Waals surface area contributed by atoms with Crippen molar-refractivity contribution in [3.05, 3.63) is 62.5 Å². The molecule has 1 aromatic rings. The van der Waals surface area contributed by atoms with E-state index in [-0.39, 0.29) is 40.4 Å². The number of nitrogens with one attached hydrogen (secondary N) is 1. The van der Waals surface area contributed by atoms with Gasteiger partial charge in [-0.05, 0) is 26.3 Å². The highest BCUT2D eigenvalue weighted by atomic mass is 16.6. The second kappa shape index (κ2) is 10.9. The lowest BCUT2D eigenvalue weighted by Crippen LogP contribution is -2.33. The van der Waals surface area contributed by atoms with Gasteiger partial charge >= 0.3 is 23.9 Å². The van der Waals surface area contributed by atoms with Crippen molar-refractivity contribution < 1.29 is 43.4 Å². The van der Waals surface area contributed by atoms with Gasteiger partial charge in [-0.25, -0.2) is 19.2 Å². The summed E-state index contributed by atoms with van der Waals surface area (Å²) in [6.45, 7) is 3.07. The average Bonchev–Trinajstić information content (AvgIpc) is 2.75. The molecule has 1 aliphatic heterocycles. The number of benzene rings is 1. The molecular formula is C21H22N2O10. The summed E-state index contributed by atoms with van der Waals surface area (Å²) in [5.41, 5.74) is 0.181. The van der Waals surface area contributed by atoms with E-state index in [1.807, 2.05) is 0 Å². The highest BCUT2D eigenvalue weighted by Gasteiger charge is 2.39. The molecule has 33 heavy (non-hydrogen) atoms. The molecule has 0 saturated heterocycles. The molecule has 0 aliphatic carbocycles. The van der Waals surface area contributed by atoms with Gasteiger partial charge in [0.15, 0.2) is 13.2 Å². The Morgan fingerprint density at radius 2 is 1.61 bits per heavy atom. The third-order valence-electron chi connectivity index (χ3n) is 4.57. The van der Waals surface area contributed by atoms with E-state index in [1.54, 1.807) is 6.92 Å². The zero-order valence-corrected chi connectivity index (χ0v) is 18.1. The Bertz CT molecular complexity index is 1060. The minimum Gasteiger partial charge on any atom is -0.479 e. The van der Waals surface area contributed by atoms with E-state index >= 15 is 0 Å². The number of allylic oxidation sites excluding steroid dienone is 2. The Labute approximate surface area is 188 Å². The molecule has 2 rings (SSSR count). The van der Waals surface area contributed by atoms with Crippen molar-refractivity contribution in [1.29, 1.82) is 0 Å². The summed E-state index contributed by atoms with van der Waals surface area (Å²) in [7, 11) is 0. The number of ether oxygens (including phenoxy) is 3. The van der Waals surface area contributed by atoms with Crippen molar-refractivity contribution in [3.8, 4) is 0 Å². The predicted octanol–water partition coefficient (Wildman–Crippen LogP) is 1.56. The number of non-ortho nitro benzene ring substituents is 1. The van der Waals surface area contributed by atoms with E-state index in [9.17, 15) is 29.3 Å². The number of carboxylic acids is 1. The maximum absolute atomic E-state index is 12.9. The molecule has 2 N–H and O–H groups in total. The molecular weight excluding hydrogens is 440 g/mol. The monoisotopic (exact) mass is 462 g/mol. The number of dihydropyridines is 1. The number of esters is 3. The zero-order chi connectivity index (χ0) is 24.7. The van der Waals surface area contributed by atoms with Crippen LogP contribution in [0.3, 0.4) is 0 Å². The Morgan fingerprint density at radius 1 is 1.03 bits per heavy atom. The van der Waals surface area contributed by atoms with E-state index < -0.39 is 47.9 Å². The Balaban J connectivity index is 2.55. The highest BCUT2D eigenvalue weighted by Crippen LogP contribution is 2.40. The van der Waals surface area contributed by atoms with Crippen molar-refractivity contribution in [2.75, 3.05) is 19.8 Å². The Kier molecular flexibility index (Phi) is 8.26. The van der Waals surface area contributed by atoms with Crippen LogP contribution in [0.1, 0.15) is 32.3 Å². The van der Waals surface area contributed by atoms with Gasteiger partial charge in [-0.2, -0.15) is 0 Å². The molecule has 1 aliphatic rings. The van der Waals surface area contributed by atoms with Crippen LogP contribution in [-0.2, 0) is 33.4 Å². The maximum atomic E-state index is 12.9. The normalized spacial score (nSPS) is 15.4. The first-order chi connectivity index (χ1) is 15.6. The van der Waals surface area contributed by atoms with Gasteiger partial charge in [-0.3, -0.25) is 10.1 Å². The van der Waals surface area contributed by atoms with E-state index in [0.29, 0.717) is 0 Å². The van der Waals surface area contributed by atoms with Crippen molar-refractivity contribution in [2.24, 2.45) is 0 Å². The van der Waals surface area contributed by atoms with Crippen molar-refractivity contribution >= 4 is 29.6 Å². The second-order valence-corrected chi connectivity index (χ2v) is 6.84. The minimum atomic E-state index is -1.39. The number of carbonyl (C=O) groups excluding carboxylic acids is 3. The van der Waals surface area contributed by atoms with Crippen molar-refractivity contribution in [2.45, 2.75) is 26.7 Å². The standard InChI is InChI=1S/C21H22N2O10/c1-4-31-16(26)10-33-21(28)18-12(3)22-11(2)17(20(27)32-9-15(24)25)19(18)13-6-5-7-14(8-13)23(29)30/h5-8,19,22H,4,9-10H2,1-3H3,(H,24,25). The van der Waals surface area contributed by atoms with Gasteiger partial charge in [0.2, 0.25) is 0 Å². The van der Waals surface area contributed by atoms with Gasteiger partial charge in [0, 0.05) is 23.5 Å². The molecule has 0 radical (unpaired) electrons. The number of carbonyl (C=O) groups is 4. The van der Waals surface area contributed by atoms with Crippen molar-refractivity contribution in [1.82, 2.24) is 5.32 Å². The lowest BCUT2D eigenvalue weighted by Gasteiger charge is -2.30. The van der Waals surface area contributed by atoms with Gasteiger partial charge < -0.3 is 24.6 Å². The molecule has 0 amide bonds. The van der Waals surface area contributed by atoms with Crippen LogP contribution in [0.5, 0.6) is 0 Å². The summed E-state index contributed by atoms with van der Waals surface area (Å²) in [6.07, 6.45) is 0. The third kappa shape index (κ3) is 6.15. The Morgan fingerprint density at radius 3 is 2.12 bits per heavy atom. The molecule has 1 heterocycles. The number of nitro benzene ring substituents is 1. The highest BCUT2D eigenvalue weighted by molar-refractivity contribution is 6.00. The first-order valence-corrected chi connectivity index (χ1v) is 9.71. The molecule has 1 atom stereocenters. The fourth-order valence-electron chi connectivity index (χ4n) is 3.30. The fraction of sp³-hybridized carbons (Fsp3) is 0.333. The molecule has 1 aromatic carbocycles. The minimum absolute atomic E-state index is 0.0808. The molecule has 12 heteroatoms. The van der Waals surface area contributed by atoms with Crippen LogP contribution in [-0.4, -0.2) is 53.7 Å². The quantitative estimate of drug-likeness (QED) is 0.236. The fourth-order valence-corrected chi connectivity index (χ4v) is 3.30. The van der Waals surface area contributed by atoms with Crippen LogP contribution in [0.25, 0.3) is 0 Å². The maximum Gasteiger partial charge on any atom is 0.344 e. The summed E-state index contributed by atoms with van der Waals surface area (Å²) >= 11 is 0. The topological polar surface area (TPSA) is 171 Å². The lowest BCUT2D eigenvalue weighted by atomic mass is 9.80. The SMILES string of the molecule is CCOC(=O)COC(=O)C1=C(C)NC(C)=C(C(=O)OCC(=O)O)C1c1cccc([N+](=O)[O-])c1. The summed E-state index contributed by atoms with van der Waals surface area (Å²) in [4.78, 5) is 58.8. The van der Waals surface area contributed by atoms with E-state index in [0.717, 1.165) is 0 Å². The van der Waals surface area contributed by atoms with Crippen LogP contribution >= 0.6 is 0 Å².